The number of amides is 2. The second-order valence-corrected chi connectivity index (χ2v) is 7.06. The molecule has 3 aromatic rings. The lowest BCUT2D eigenvalue weighted by Gasteiger charge is -2.12. The number of hydrogen-bond acceptors (Lipinski definition) is 6. The van der Waals surface area contributed by atoms with Gasteiger partial charge in [-0.25, -0.2) is 9.07 Å². The third-order valence-electron chi connectivity index (χ3n) is 3.75. The van der Waals surface area contributed by atoms with Crippen LogP contribution in [-0.2, 0) is 4.79 Å². The van der Waals surface area contributed by atoms with E-state index in [4.69, 9.17) is 5.84 Å². The van der Waals surface area contributed by atoms with Gasteiger partial charge in [-0.15, -0.1) is 10.2 Å². The Balaban J connectivity index is 1.60. The van der Waals surface area contributed by atoms with Gasteiger partial charge in [-0.3, -0.25) is 20.4 Å². The van der Waals surface area contributed by atoms with Crippen molar-refractivity contribution in [3.05, 3.63) is 66.0 Å². The number of halogens is 1. The van der Waals surface area contributed by atoms with Gasteiger partial charge in [0.1, 0.15) is 5.82 Å². The van der Waals surface area contributed by atoms with E-state index in [-0.39, 0.29) is 5.82 Å². The summed E-state index contributed by atoms with van der Waals surface area (Å²) in [6, 6.07) is 14.2. The Hall–Kier alpha value is -3.40. The van der Waals surface area contributed by atoms with E-state index in [0.29, 0.717) is 22.1 Å². The fourth-order valence-corrected chi connectivity index (χ4v) is 3.02. The van der Waals surface area contributed by atoms with Crippen LogP contribution in [0, 0.1) is 5.82 Å². The molecule has 0 unspecified atom stereocenters. The molecule has 28 heavy (non-hydrogen) atoms. The summed E-state index contributed by atoms with van der Waals surface area (Å²) in [5, 5.41) is 7.65. The molecule has 10 heteroatoms. The molecule has 3 rings (SSSR count). The van der Waals surface area contributed by atoms with Crippen LogP contribution >= 0.6 is 11.8 Å². The fraction of sp³-hybridized carbons (Fsp3) is 0.111. The van der Waals surface area contributed by atoms with Gasteiger partial charge in [-0.05, 0) is 43.3 Å². The van der Waals surface area contributed by atoms with Gasteiger partial charge in [0.25, 0.3) is 11.8 Å². The predicted molar refractivity (Wildman–Crippen MR) is 103 cm³/mol. The molecule has 0 saturated heterocycles. The Morgan fingerprint density at radius 3 is 2.43 bits per heavy atom. The molecule has 1 atom stereocenters. The van der Waals surface area contributed by atoms with Crippen molar-refractivity contribution in [1.82, 2.24) is 25.7 Å². The Morgan fingerprint density at radius 2 is 1.75 bits per heavy atom. The first-order valence-corrected chi connectivity index (χ1v) is 9.12. The minimum Gasteiger partial charge on any atom is -0.335 e. The van der Waals surface area contributed by atoms with Crippen molar-refractivity contribution in [2.75, 3.05) is 5.84 Å². The van der Waals surface area contributed by atoms with E-state index >= 15 is 0 Å². The number of thioether (sulfide) groups is 1. The van der Waals surface area contributed by atoms with Crippen LogP contribution in [0.1, 0.15) is 17.3 Å². The van der Waals surface area contributed by atoms with Crippen molar-refractivity contribution in [3.63, 3.8) is 0 Å². The second kappa shape index (κ2) is 8.53. The average Bonchev–Trinajstić information content (AvgIpc) is 3.07. The van der Waals surface area contributed by atoms with Crippen molar-refractivity contribution >= 4 is 23.6 Å². The van der Waals surface area contributed by atoms with Crippen LogP contribution in [0.25, 0.3) is 11.4 Å². The topological polar surface area (TPSA) is 115 Å². The Bertz CT molecular complexity index is 978. The van der Waals surface area contributed by atoms with E-state index in [9.17, 15) is 14.0 Å². The van der Waals surface area contributed by atoms with Gasteiger partial charge in [0.05, 0.1) is 5.25 Å². The van der Waals surface area contributed by atoms with Crippen molar-refractivity contribution in [3.8, 4) is 11.4 Å². The van der Waals surface area contributed by atoms with Crippen molar-refractivity contribution < 1.29 is 14.0 Å². The summed E-state index contributed by atoms with van der Waals surface area (Å²) in [6.45, 7) is 1.64. The van der Waals surface area contributed by atoms with E-state index < -0.39 is 17.1 Å². The van der Waals surface area contributed by atoms with Gasteiger partial charge in [-0.2, -0.15) is 0 Å². The predicted octanol–water partition coefficient (Wildman–Crippen LogP) is 1.74. The summed E-state index contributed by atoms with van der Waals surface area (Å²) >= 11 is 1.07. The smallest absolute Gasteiger partial charge is 0.269 e. The number of aromatic nitrogens is 3. The maximum Gasteiger partial charge on any atom is 0.269 e. The molecule has 0 bridgehead atoms. The summed E-state index contributed by atoms with van der Waals surface area (Å²) in [5.74, 6) is 5.11. The van der Waals surface area contributed by atoms with Crippen LogP contribution in [-0.4, -0.2) is 31.9 Å². The first-order valence-electron chi connectivity index (χ1n) is 8.24. The zero-order valence-corrected chi connectivity index (χ0v) is 15.6. The number of hydrogen-bond donors (Lipinski definition) is 3. The second-order valence-electron chi connectivity index (χ2n) is 5.75. The highest BCUT2D eigenvalue weighted by atomic mass is 32.2. The summed E-state index contributed by atoms with van der Waals surface area (Å²) in [6.07, 6.45) is 0. The van der Waals surface area contributed by atoms with Gasteiger partial charge in [-0.1, -0.05) is 30.0 Å². The van der Waals surface area contributed by atoms with Crippen LogP contribution in [0.2, 0.25) is 0 Å². The van der Waals surface area contributed by atoms with E-state index in [1.54, 1.807) is 37.3 Å². The monoisotopic (exact) mass is 400 g/mol. The van der Waals surface area contributed by atoms with Crippen molar-refractivity contribution in [2.45, 2.75) is 17.3 Å². The molecule has 1 aromatic heterocycles. The molecule has 0 aliphatic heterocycles. The summed E-state index contributed by atoms with van der Waals surface area (Å²) in [5.41, 5.74) is 5.74. The molecule has 0 fully saturated rings. The van der Waals surface area contributed by atoms with Crippen LogP contribution in [0.3, 0.4) is 0 Å². The molecule has 2 amide bonds. The lowest BCUT2D eigenvalue weighted by atomic mass is 10.2. The average molecular weight is 400 g/mol. The molecule has 4 N–H and O–H groups in total. The summed E-state index contributed by atoms with van der Waals surface area (Å²) in [4.78, 5) is 24.2. The quantitative estimate of drug-likeness (QED) is 0.341. The van der Waals surface area contributed by atoms with E-state index in [2.05, 4.69) is 21.0 Å². The standard InChI is InChI=1S/C18H17FN6O2S/c1-11(16(26)22-23-17(27)13-5-3-2-4-6-13)28-18-24-21-15(25(18)20)12-7-9-14(19)10-8-12/h2-11H,20H2,1H3,(H,22,26)(H,23,27)/t11-/m0/s1. The van der Waals surface area contributed by atoms with Gasteiger partial charge >= 0.3 is 0 Å². The normalized spacial score (nSPS) is 11.6. The maximum absolute atomic E-state index is 13.1. The van der Waals surface area contributed by atoms with E-state index in [1.807, 2.05) is 0 Å². The number of nitrogens with two attached hydrogens (primary N) is 1. The zero-order chi connectivity index (χ0) is 20.1. The van der Waals surface area contributed by atoms with Crippen LogP contribution in [0.5, 0.6) is 0 Å². The highest BCUT2D eigenvalue weighted by Gasteiger charge is 2.20. The molecular weight excluding hydrogens is 383 g/mol. The maximum atomic E-state index is 13.1. The third-order valence-corrected chi connectivity index (χ3v) is 4.81. The highest BCUT2D eigenvalue weighted by molar-refractivity contribution is 8.00. The molecule has 0 saturated carbocycles. The van der Waals surface area contributed by atoms with E-state index in [1.165, 1.54) is 28.9 Å². The van der Waals surface area contributed by atoms with Gasteiger partial charge < -0.3 is 5.84 Å². The van der Waals surface area contributed by atoms with Gasteiger partial charge in [0.2, 0.25) is 5.16 Å². The number of hydrazine groups is 1. The lowest BCUT2D eigenvalue weighted by Crippen LogP contribution is -2.45. The Kier molecular flexibility index (Phi) is 5.90. The third kappa shape index (κ3) is 4.46. The molecule has 8 nitrogen and oxygen atoms in total. The fourth-order valence-electron chi connectivity index (χ4n) is 2.25. The minimum atomic E-state index is -0.608. The first kappa shape index (κ1) is 19.4. The highest BCUT2D eigenvalue weighted by Crippen LogP contribution is 2.24. The molecule has 0 spiro atoms. The van der Waals surface area contributed by atoms with Crippen LogP contribution in [0.4, 0.5) is 4.39 Å². The van der Waals surface area contributed by atoms with Crippen molar-refractivity contribution in [1.29, 1.82) is 0 Å². The molecule has 0 aliphatic rings. The van der Waals surface area contributed by atoms with E-state index in [0.717, 1.165) is 11.8 Å². The largest absolute Gasteiger partial charge is 0.335 e. The number of carbonyl (C=O) groups excluding carboxylic acids is 2. The molecule has 144 valence electrons. The van der Waals surface area contributed by atoms with Crippen LogP contribution < -0.4 is 16.7 Å². The number of rotatable bonds is 5. The van der Waals surface area contributed by atoms with Gasteiger partial charge in [0.15, 0.2) is 5.82 Å². The molecule has 0 aliphatic carbocycles. The number of nitrogens with one attached hydrogen (secondary N) is 2. The molecule has 1 heterocycles. The summed E-state index contributed by atoms with van der Waals surface area (Å²) in [7, 11) is 0. The van der Waals surface area contributed by atoms with Gasteiger partial charge in [0, 0.05) is 11.1 Å². The van der Waals surface area contributed by atoms with Crippen LogP contribution in [0.15, 0.2) is 59.8 Å². The number of benzene rings is 2. The SMILES string of the molecule is C[C@H](Sc1nnc(-c2ccc(F)cc2)n1N)C(=O)NNC(=O)c1ccccc1. The molecule has 0 radical (unpaired) electrons. The number of carbonyl (C=O) groups is 2. The zero-order valence-electron chi connectivity index (χ0n) is 14.8. The molecule has 2 aromatic carbocycles. The number of nitrogen functional groups attached to an aromatic ring is 1. The number of nitrogens with zero attached hydrogens (tertiary/aromatic N) is 3. The lowest BCUT2D eigenvalue weighted by molar-refractivity contribution is -0.121. The Morgan fingerprint density at radius 1 is 1.07 bits per heavy atom. The Labute approximate surface area is 164 Å². The summed E-state index contributed by atoms with van der Waals surface area (Å²) < 4.78 is 14.3. The minimum absolute atomic E-state index is 0.302. The molecular formula is C18H17FN6O2S. The first-order chi connectivity index (χ1) is 13.5. The van der Waals surface area contributed by atoms with Crippen molar-refractivity contribution in [2.24, 2.45) is 0 Å².